The molecule has 1 aliphatic carbocycles. The van der Waals surface area contributed by atoms with E-state index in [-0.39, 0.29) is 23.5 Å². The standard InChI is InChI=1S/C31H27BrFN3OS/c32-23-16-14-21(15-17-23)19-35-20-22(25-10-4-7-13-28(25)35)18-29-30(37)36(24-8-2-1-3-9-24)31(38-29)34-27-12-6-5-11-26(27)33/h4-7,10-18,20,24H,1-3,8-9,19H2/b29-18-,34-31?. The molecular weight excluding hydrogens is 561 g/mol. The highest BCUT2D eigenvalue weighted by atomic mass is 79.9. The van der Waals surface area contributed by atoms with Gasteiger partial charge in [-0.15, -0.1) is 0 Å². The largest absolute Gasteiger partial charge is 0.342 e. The number of fused-ring (bicyclic) bond motifs is 1. The van der Waals surface area contributed by atoms with E-state index in [0.717, 1.165) is 53.2 Å². The Morgan fingerprint density at radius 3 is 2.50 bits per heavy atom. The molecule has 1 aliphatic heterocycles. The first-order valence-corrected chi connectivity index (χ1v) is 14.6. The molecule has 2 aliphatic rings. The molecule has 1 aromatic heterocycles. The highest BCUT2D eigenvalue weighted by molar-refractivity contribution is 9.10. The molecular formula is C31H27BrFN3OS. The van der Waals surface area contributed by atoms with Gasteiger partial charge in [-0.25, -0.2) is 9.38 Å². The van der Waals surface area contributed by atoms with Crippen LogP contribution in [0.5, 0.6) is 0 Å². The Morgan fingerprint density at radius 1 is 0.974 bits per heavy atom. The van der Waals surface area contributed by atoms with Gasteiger partial charge >= 0.3 is 0 Å². The van der Waals surface area contributed by atoms with Gasteiger partial charge in [-0.05, 0) is 66.6 Å². The lowest BCUT2D eigenvalue weighted by atomic mass is 9.94. The molecule has 0 radical (unpaired) electrons. The van der Waals surface area contributed by atoms with Crippen LogP contribution in [0.3, 0.4) is 0 Å². The fourth-order valence-corrected chi connectivity index (χ4v) is 6.63. The molecule has 4 aromatic rings. The van der Waals surface area contributed by atoms with Gasteiger partial charge in [0, 0.05) is 39.7 Å². The van der Waals surface area contributed by atoms with Crippen molar-refractivity contribution in [2.75, 3.05) is 0 Å². The summed E-state index contributed by atoms with van der Waals surface area (Å²) in [5, 5.41) is 1.66. The highest BCUT2D eigenvalue weighted by Gasteiger charge is 2.39. The zero-order valence-electron chi connectivity index (χ0n) is 20.8. The topological polar surface area (TPSA) is 37.6 Å². The van der Waals surface area contributed by atoms with Crippen LogP contribution in [-0.2, 0) is 11.3 Å². The molecule has 1 saturated heterocycles. The molecule has 38 heavy (non-hydrogen) atoms. The molecule has 0 N–H and O–H groups in total. The Bertz CT molecular complexity index is 1550. The fourth-order valence-electron chi connectivity index (χ4n) is 5.32. The number of hydrogen-bond acceptors (Lipinski definition) is 3. The number of benzene rings is 3. The lowest BCUT2D eigenvalue weighted by molar-refractivity contribution is -0.124. The Kier molecular flexibility index (Phi) is 7.22. The SMILES string of the molecule is O=C1/C(=C/c2cn(Cc3ccc(Br)cc3)c3ccccc23)SC(=Nc2ccccc2F)N1C1CCCCC1. The maximum absolute atomic E-state index is 14.5. The average Bonchev–Trinajstić information content (AvgIpc) is 3.44. The fraction of sp³-hybridized carbons (Fsp3) is 0.226. The van der Waals surface area contributed by atoms with Gasteiger partial charge in [0.2, 0.25) is 0 Å². The Morgan fingerprint density at radius 2 is 1.71 bits per heavy atom. The quantitative estimate of drug-likeness (QED) is 0.219. The van der Waals surface area contributed by atoms with Gasteiger partial charge < -0.3 is 4.57 Å². The molecule has 6 rings (SSSR count). The summed E-state index contributed by atoms with van der Waals surface area (Å²) >= 11 is 4.86. The van der Waals surface area contributed by atoms with Crippen molar-refractivity contribution in [2.45, 2.75) is 44.7 Å². The van der Waals surface area contributed by atoms with Crippen molar-refractivity contribution in [3.05, 3.63) is 105 Å². The monoisotopic (exact) mass is 587 g/mol. The molecule has 7 heteroatoms. The number of amides is 1. The summed E-state index contributed by atoms with van der Waals surface area (Å²) in [5.41, 5.74) is 3.56. The van der Waals surface area contributed by atoms with E-state index in [2.05, 4.69) is 56.0 Å². The molecule has 1 saturated carbocycles. The van der Waals surface area contributed by atoms with Crippen molar-refractivity contribution in [3.8, 4) is 0 Å². The molecule has 192 valence electrons. The van der Waals surface area contributed by atoms with E-state index < -0.39 is 0 Å². The number of carbonyl (C=O) groups is 1. The first-order chi connectivity index (χ1) is 18.6. The Labute approximate surface area is 234 Å². The summed E-state index contributed by atoms with van der Waals surface area (Å²) in [6.07, 6.45) is 9.36. The molecule has 3 aromatic carbocycles. The van der Waals surface area contributed by atoms with Crippen LogP contribution in [0.15, 0.2) is 93.4 Å². The lowest BCUT2D eigenvalue weighted by Crippen LogP contribution is -2.40. The molecule has 4 nitrogen and oxygen atoms in total. The minimum Gasteiger partial charge on any atom is -0.342 e. The van der Waals surface area contributed by atoms with Crippen molar-refractivity contribution in [2.24, 2.45) is 4.99 Å². The van der Waals surface area contributed by atoms with Crippen molar-refractivity contribution in [1.82, 2.24) is 9.47 Å². The van der Waals surface area contributed by atoms with Gasteiger partial charge in [-0.3, -0.25) is 9.69 Å². The number of carbonyl (C=O) groups excluding carboxylic acids is 1. The second-order valence-electron chi connectivity index (χ2n) is 9.78. The van der Waals surface area contributed by atoms with Crippen LogP contribution in [0, 0.1) is 5.82 Å². The van der Waals surface area contributed by atoms with Crippen molar-refractivity contribution in [1.29, 1.82) is 0 Å². The molecule has 0 unspecified atom stereocenters. The summed E-state index contributed by atoms with van der Waals surface area (Å²) in [4.78, 5) is 20.9. The van der Waals surface area contributed by atoms with Crippen LogP contribution in [-0.4, -0.2) is 26.6 Å². The smallest absolute Gasteiger partial charge is 0.267 e. The predicted molar refractivity (Wildman–Crippen MR) is 158 cm³/mol. The Hall–Kier alpha value is -3.16. The van der Waals surface area contributed by atoms with E-state index >= 15 is 0 Å². The number of aromatic nitrogens is 1. The summed E-state index contributed by atoms with van der Waals surface area (Å²) in [5.74, 6) is -0.424. The van der Waals surface area contributed by atoms with Gasteiger partial charge in [0.15, 0.2) is 5.17 Å². The molecule has 0 spiro atoms. The van der Waals surface area contributed by atoms with Crippen LogP contribution in [0.2, 0.25) is 0 Å². The minimum absolute atomic E-state index is 0.0401. The van der Waals surface area contributed by atoms with Crippen molar-refractivity contribution >= 4 is 61.4 Å². The second-order valence-corrected chi connectivity index (χ2v) is 11.7. The van der Waals surface area contributed by atoms with Gasteiger partial charge in [0.05, 0.1) is 4.91 Å². The second kappa shape index (κ2) is 10.9. The summed E-state index contributed by atoms with van der Waals surface area (Å²) in [7, 11) is 0. The van der Waals surface area contributed by atoms with E-state index in [9.17, 15) is 9.18 Å². The third-order valence-electron chi connectivity index (χ3n) is 7.22. The van der Waals surface area contributed by atoms with E-state index in [0.29, 0.717) is 10.1 Å². The first-order valence-electron chi connectivity index (χ1n) is 13.0. The van der Waals surface area contributed by atoms with E-state index in [4.69, 9.17) is 0 Å². The molecule has 0 atom stereocenters. The number of hydrogen-bond donors (Lipinski definition) is 0. The van der Waals surface area contributed by atoms with Gasteiger partial charge in [-0.1, -0.05) is 77.7 Å². The van der Waals surface area contributed by atoms with E-state index in [1.165, 1.54) is 29.8 Å². The van der Waals surface area contributed by atoms with E-state index in [1.54, 1.807) is 18.2 Å². The van der Waals surface area contributed by atoms with Crippen LogP contribution in [0.4, 0.5) is 10.1 Å². The zero-order chi connectivity index (χ0) is 26.1. The van der Waals surface area contributed by atoms with Crippen molar-refractivity contribution in [3.63, 3.8) is 0 Å². The van der Waals surface area contributed by atoms with Crippen LogP contribution < -0.4 is 0 Å². The summed E-state index contributed by atoms with van der Waals surface area (Å²) in [6, 6.07) is 23.2. The number of thioether (sulfide) groups is 1. The third kappa shape index (κ3) is 5.09. The zero-order valence-corrected chi connectivity index (χ0v) is 23.2. The van der Waals surface area contributed by atoms with Crippen LogP contribution in [0.1, 0.15) is 43.2 Å². The maximum Gasteiger partial charge on any atom is 0.267 e. The highest BCUT2D eigenvalue weighted by Crippen LogP contribution is 2.39. The number of rotatable bonds is 5. The lowest BCUT2D eigenvalue weighted by Gasteiger charge is -2.30. The molecule has 1 amide bonds. The number of aliphatic imine (C=N–C) groups is 1. The molecule has 0 bridgehead atoms. The van der Waals surface area contributed by atoms with Crippen molar-refractivity contribution < 1.29 is 9.18 Å². The van der Waals surface area contributed by atoms with Gasteiger partial charge in [-0.2, -0.15) is 0 Å². The van der Waals surface area contributed by atoms with Gasteiger partial charge in [0.1, 0.15) is 11.5 Å². The minimum atomic E-state index is -0.384. The number of halogens is 2. The Balaban J connectivity index is 1.39. The molecule has 2 fully saturated rings. The average molecular weight is 589 g/mol. The molecule has 2 heterocycles. The maximum atomic E-state index is 14.5. The van der Waals surface area contributed by atoms with Crippen LogP contribution >= 0.6 is 27.7 Å². The predicted octanol–water partition coefficient (Wildman–Crippen LogP) is 8.53. The summed E-state index contributed by atoms with van der Waals surface area (Å²) < 4.78 is 17.8. The number of nitrogens with zero attached hydrogens (tertiary/aromatic N) is 3. The normalized spacial score (nSPS) is 18.8. The number of amidine groups is 1. The van der Waals surface area contributed by atoms with Crippen LogP contribution in [0.25, 0.3) is 17.0 Å². The first kappa shape index (κ1) is 25.1. The number of para-hydroxylation sites is 2. The summed E-state index contributed by atoms with van der Waals surface area (Å²) in [6.45, 7) is 0.728. The van der Waals surface area contributed by atoms with E-state index in [1.807, 2.05) is 35.2 Å². The van der Waals surface area contributed by atoms with Gasteiger partial charge in [0.25, 0.3) is 5.91 Å². The third-order valence-corrected chi connectivity index (χ3v) is 8.73.